The second kappa shape index (κ2) is 6.02. The van der Waals surface area contributed by atoms with Crippen molar-refractivity contribution in [3.63, 3.8) is 0 Å². The molecule has 0 unspecified atom stereocenters. The van der Waals surface area contributed by atoms with E-state index < -0.39 is 5.91 Å². The van der Waals surface area contributed by atoms with E-state index in [1.54, 1.807) is 36.4 Å². The summed E-state index contributed by atoms with van der Waals surface area (Å²) in [6.45, 7) is 0. The zero-order valence-electron chi connectivity index (χ0n) is 11.0. The molecule has 3 rings (SSSR count). The number of fused-ring (bicyclic) bond motifs is 1. The van der Waals surface area contributed by atoms with Gasteiger partial charge in [0, 0.05) is 14.3 Å². The number of nitrogens with one attached hydrogen (secondary N) is 1. The van der Waals surface area contributed by atoms with Crippen molar-refractivity contribution in [2.24, 2.45) is 10.2 Å². The van der Waals surface area contributed by atoms with Crippen LogP contribution in [0, 0.1) is 0 Å². The molecular formula is C15H9Br2N3O2. The summed E-state index contributed by atoms with van der Waals surface area (Å²) < 4.78 is 1.48. The number of azo groups is 1. The Labute approximate surface area is 142 Å². The molecule has 0 aliphatic rings. The van der Waals surface area contributed by atoms with Crippen molar-refractivity contribution >= 4 is 54.4 Å². The van der Waals surface area contributed by atoms with E-state index in [1.807, 2.05) is 6.07 Å². The maximum Gasteiger partial charge on any atom is 0.296 e. The van der Waals surface area contributed by atoms with E-state index in [4.69, 9.17) is 0 Å². The Balaban J connectivity index is 1.99. The summed E-state index contributed by atoms with van der Waals surface area (Å²) in [4.78, 5) is 14.9. The zero-order chi connectivity index (χ0) is 15.7. The van der Waals surface area contributed by atoms with E-state index in [0.717, 1.165) is 4.47 Å². The van der Waals surface area contributed by atoms with Crippen LogP contribution in [0.4, 0.5) is 5.69 Å². The van der Waals surface area contributed by atoms with Crippen LogP contribution in [0.15, 0.2) is 61.6 Å². The van der Waals surface area contributed by atoms with Crippen LogP contribution in [0.1, 0.15) is 10.4 Å². The largest absolute Gasteiger partial charge is 0.493 e. The quantitative estimate of drug-likeness (QED) is 0.548. The first-order chi connectivity index (χ1) is 10.6. The molecule has 2 N–H and O–H groups in total. The average Bonchev–Trinajstić information content (AvgIpc) is 2.80. The summed E-state index contributed by atoms with van der Waals surface area (Å²) in [5.41, 5.74) is 1.35. The number of hydrogen-bond acceptors (Lipinski definition) is 3. The molecule has 1 heterocycles. The van der Waals surface area contributed by atoms with Gasteiger partial charge in [0.15, 0.2) is 5.69 Å². The number of aromatic amines is 1. The summed E-state index contributed by atoms with van der Waals surface area (Å²) in [5.74, 6) is -0.618. The first kappa shape index (κ1) is 14.9. The van der Waals surface area contributed by atoms with Gasteiger partial charge in [-0.05, 0) is 46.3 Å². The lowest BCUT2D eigenvalue weighted by molar-refractivity contribution is 0.0994. The van der Waals surface area contributed by atoms with Crippen LogP contribution in [-0.2, 0) is 0 Å². The van der Waals surface area contributed by atoms with Crippen LogP contribution in [0.3, 0.4) is 0 Å². The SMILES string of the molecule is O=C(N=Nc1c(O)[nH]c2ccc(Br)cc12)c1ccccc1Br. The van der Waals surface area contributed by atoms with Crippen LogP contribution < -0.4 is 0 Å². The number of hydrogen-bond donors (Lipinski definition) is 2. The number of halogens is 2. The molecule has 2 aromatic carbocycles. The maximum absolute atomic E-state index is 12.1. The van der Waals surface area contributed by atoms with Crippen molar-refractivity contribution in [3.8, 4) is 5.88 Å². The van der Waals surface area contributed by atoms with Crippen LogP contribution >= 0.6 is 31.9 Å². The summed E-state index contributed by atoms with van der Waals surface area (Å²) >= 11 is 6.66. The predicted octanol–water partition coefficient (Wildman–Crippen LogP) is 5.32. The van der Waals surface area contributed by atoms with E-state index in [2.05, 4.69) is 47.1 Å². The molecule has 5 nitrogen and oxygen atoms in total. The second-order valence-corrected chi connectivity index (χ2v) is 6.27. The molecule has 0 atom stereocenters. The minimum atomic E-state index is -0.490. The van der Waals surface area contributed by atoms with E-state index in [0.29, 0.717) is 20.9 Å². The Morgan fingerprint density at radius 3 is 2.68 bits per heavy atom. The van der Waals surface area contributed by atoms with Gasteiger partial charge in [0.1, 0.15) is 0 Å². The van der Waals surface area contributed by atoms with Gasteiger partial charge in [0.2, 0.25) is 5.88 Å². The number of nitrogens with zero attached hydrogens (tertiary/aromatic N) is 2. The molecule has 0 bridgehead atoms. The lowest BCUT2D eigenvalue weighted by atomic mass is 10.2. The normalized spacial score (nSPS) is 11.4. The van der Waals surface area contributed by atoms with Gasteiger partial charge in [-0.1, -0.05) is 28.1 Å². The number of aromatic hydroxyl groups is 1. The summed E-state index contributed by atoms with van der Waals surface area (Å²) in [5, 5.41) is 18.2. The molecule has 0 radical (unpaired) electrons. The van der Waals surface area contributed by atoms with Crippen molar-refractivity contribution in [1.29, 1.82) is 0 Å². The molecule has 22 heavy (non-hydrogen) atoms. The highest BCUT2D eigenvalue weighted by Crippen LogP contribution is 2.37. The topological polar surface area (TPSA) is 77.8 Å². The third kappa shape index (κ3) is 2.82. The van der Waals surface area contributed by atoms with E-state index >= 15 is 0 Å². The Morgan fingerprint density at radius 2 is 1.91 bits per heavy atom. The molecule has 7 heteroatoms. The van der Waals surface area contributed by atoms with Crippen molar-refractivity contribution in [2.75, 3.05) is 0 Å². The number of rotatable bonds is 2. The van der Waals surface area contributed by atoms with Crippen molar-refractivity contribution in [1.82, 2.24) is 4.98 Å². The highest BCUT2D eigenvalue weighted by molar-refractivity contribution is 9.10. The van der Waals surface area contributed by atoms with Gasteiger partial charge in [0.25, 0.3) is 5.91 Å². The molecule has 0 saturated carbocycles. The molecule has 1 aromatic heterocycles. The summed E-state index contributed by atoms with van der Waals surface area (Å²) in [7, 11) is 0. The molecule has 0 saturated heterocycles. The number of carbonyl (C=O) groups is 1. The number of aromatic nitrogens is 1. The van der Waals surface area contributed by atoms with Crippen LogP contribution in [0.2, 0.25) is 0 Å². The lowest BCUT2D eigenvalue weighted by Gasteiger charge is -1.97. The smallest absolute Gasteiger partial charge is 0.296 e. The van der Waals surface area contributed by atoms with Gasteiger partial charge in [0.05, 0.1) is 11.1 Å². The maximum atomic E-state index is 12.1. The van der Waals surface area contributed by atoms with Crippen molar-refractivity contribution < 1.29 is 9.90 Å². The van der Waals surface area contributed by atoms with Crippen molar-refractivity contribution in [3.05, 3.63) is 57.0 Å². The van der Waals surface area contributed by atoms with Crippen LogP contribution in [-0.4, -0.2) is 16.0 Å². The monoisotopic (exact) mass is 421 g/mol. The molecular weight excluding hydrogens is 414 g/mol. The van der Waals surface area contributed by atoms with Gasteiger partial charge in [-0.2, -0.15) is 0 Å². The zero-order valence-corrected chi connectivity index (χ0v) is 14.2. The Bertz CT molecular complexity index is 903. The third-order valence-electron chi connectivity index (χ3n) is 3.06. The minimum Gasteiger partial charge on any atom is -0.493 e. The molecule has 3 aromatic rings. The standard InChI is InChI=1S/C15H9Br2N3O2/c16-8-5-6-12-10(7-8)13(15(22)18-12)19-20-14(21)9-3-1-2-4-11(9)17/h1-7,18,22H. The van der Waals surface area contributed by atoms with Gasteiger partial charge >= 0.3 is 0 Å². The fourth-order valence-electron chi connectivity index (χ4n) is 2.02. The highest BCUT2D eigenvalue weighted by atomic mass is 79.9. The highest BCUT2D eigenvalue weighted by Gasteiger charge is 2.13. The number of benzene rings is 2. The van der Waals surface area contributed by atoms with Gasteiger partial charge in [-0.15, -0.1) is 10.2 Å². The Morgan fingerprint density at radius 1 is 1.14 bits per heavy atom. The molecule has 0 fully saturated rings. The van der Waals surface area contributed by atoms with E-state index in [-0.39, 0.29) is 11.6 Å². The Hall–Kier alpha value is -1.99. The first-order valence-corrected chi connectivity index (χ1v) is 7.85. The predicted molar refractivity (Wildman–Crippen MR) is 90.7 cm³/mol. The lowest BCUT2D eigenvalue weighted by Crippen LogP contribution is -1.94. The number of amides is 1. The molecule has 0 aliphatic carbocycles. The van der Waals surface area contributed by atoms with Gasteiger partial charge < -0.3 is 10.1 Å². The third-order valence-corrected chi connectivity index (χ3v) is 4.24. The van der Waals surface area contributed by atoms with E-state index in [9.17, 15) is 9.90 Å². The molecule has 0 spiro atoms. The Kier molecular flexibility index (Phi) is 4.08. The molecule has 1 amide bonds. The summed E-state index contributed by atoms with van der Waals surface area (Å²) in [6.07, 6.45) is 0. The van der Waals surface area contributed by atoms with Crippen LogP contribution in [0.5, 0.6) is 5.88 Å². The number of H-pyrrole nitrogens is 1. The van der Waals surface area contributed by atoms with Crippen molar-refractivity contribution in [2.45, 2.75) is 0 Å². The van der Waals surface area contributed by atoms with Gasteiger partial charge in [-0.3, -0.25) is 4.79 Å². The minimum absolute atomic E-state index is 0.128. The molecule has 110 valence electrons. The molecule has 0 aliphatic heterocycles. The fraction of sp³-hybridized carbons (Fsp3) is 0. The summed E-state index contributed by atoms with van der Waals surface area (Å²) in [6, 6.07) is 12.4. The number of carbonyl (C=O) groups excluding carboxylic acids is 1. The fourth-order valence-corrected chi connectivity index (χ4v) is 2.84. The second-order valence-electron chi connectivity index (χ2n) is 4.50. The van der Waals surface area contributed by atoms with Crippen LogP contribution in [0.25, 0.3) is 10.9 Å². The van der Waals surface area contributed by atoms with E-state index in [1.165, 1.54) is 0 Å². The average molecular weight is 423 g/mol. The van der Waals surface area contributed by atoms with Gasteiger partial charge in [-0.25, -0.2) is 0 Å². The first-order valence-electron chi connectivity index (χ1n) is 6.27.